The molecule has 6 rings (SSSR count). The predicted molar refractivity (Wildman–Crippen MR) is 157 cm³/mol. The lowest BCUT2D eigenvalue weighted by Crippen LogP contribution is -2.49. The van der Waals surface area contributed by atoms with Crippen LogP contribution in [0.5, 0.6) is 0 Å². The van der Waals surface area contributed by atoms with Crippen LogP contribution in [0.2, 0.25) is 0 Å². The van der Waals surface area contributed by atoms with Crippen molar-refractivity contribution in [2.24, 2.45) is 51.3 Å². The Morgan fingerprint density at radius 3 is 2.68 bits per heavy atom. The van der Waals surface area contributed by atoms with Crippen LogP contribution in [0.3, 0.4) is 0 Å². The fourth-order valence-electron chi connectivity index (χ4n) is 10.2. The van der Waals surface area contributed by atoms with Crippen molar-refractivity contribution >= 4 is 11.6 Å². The molecule has 0 aromatic heterocycles. The Morgan fingerprint density at radius 1 is 1.08 bits per heavy atom. The van der Waals surface area contributed by atoms with E-state index in [0.29, 0.717) is 23.1 Å². The van der Waals surface area contributed by atoms with Crippen LogP contribution in [-0.2, 0) is 4.79 Å². The van der Waals surface area contributed by atoms with E-state index in [1.165, 1.54) is 68.9 Å². The highest BCUT2D eigenvalue weighted by molar-refractivity contribution is 6.45. The lowest BCUT2D eigenvalue weighted by Gasteiger charge is -2.57. The van der Waals surface area contributed by atoms with Gasteiger partial charge in [0.25, 0.3) is 5.91 Å². The molecule has 2 saturated carbocycles. The van der Waals surface area contributed by atoms with Crippen LogP contribution >= 0.6 is 0 Å². The van der Waals surface area contributed by atoms with Crippen LogP contribution in [0.1, 0.15) is 106 Å². The number of hydrazine groups is 1. The van der Waals surface area contributed by atoms with Gasteiger partial charge in [0.2, 0.25) is 0 Å². The molecule has 0 bridgehead atoms. The second kappa shape index (κ2) is 9.46. The molecule has 4 aliphatic carbocycles. The third-order valence-corrected chi connectivity index (χ3v) is 12.5. The average Bonchev–Trinajstić information content (AvgIpc) is 3.49. The van der Waals surface area contributed by atoms with E-state index >= 15 is 0 Å². The number of hydrogen-bond acceptors (Lipinski definition) is 3. The molecule has 1 saturated heterocycles. The molecule has 1 amide bonds. The summed E-state index contributed by atoms with van der Waals surface area (Å²) >= 11 is 0. The Hall–Kier alpha value is -1.68. The van der Waals surface area contributed by atoms with Crippen LogP contribution < -0.4 is 10.9 Å². The molecule has 0 spiro atoms. The summed E-state index contributed by atoms with van der Waals surface area (Å²) in [7, 11) is 0. The number of hydrogen-bond donors (Lipinski definition) is 2. The lowest BCUT2D eigenvalue weighted by atomic mass is 9.47. The van der Waals surface area contributed by atoms with Gasteiger partial charge in [0.05, 0.1) is 6.54 Å². The van der Waals surface area contributed by atoms with Crippen LogP contribution in [-0.4, -0.2) is 23.7 Å². The number of rotatable bonds is 6. The Labute approximate surface area is 231 Å². The molecule has 1 unspecified atom stereocenters. The molecule has 8 atom stereocenters. The van der Waals surface area contributed by atoms with E-state index in [0.717, 1.165) is 41.9 Å². The SMILES string of the molecule is CC(C)CCC[C@@H](C)[C@H]1CC[C@H]2[C@@H]3CC=C4C=C(/C=C5/CN=C6C(=O)NNC65C)CC[C@]4(C)[C@H]3CC[C@]12C. The highest BCUT2D eigenvalue weighted by atomic mass is 16.2. The van der Waals surface area contributed by atoms with Crippen LogP contribution in [0.25, 0.3) is 0 Å². The normalized spacial score (nSPS) is 43.6. The Kier molecular flexibility index (Phi) is 6.61. The number of carbonyl (C=O) groups is 1. The molecule has 2 heterocycles. The number of nitrogens with zero attached hydrogens (tertiary/aromatic N) is 1. The van der Waals surface area contributed by atoms with Crippen LogP contribution in [0.15, 0.2) is 39.9 Å². The smallest absolute Gasteiger partial charge is 0.281 e. The summed E-state index contributed by atoms with van der Waals surface area (Å²) in [5.41, 5.74) is 11.2. The molecule has 0 aromatic carbocycles. The van der Waals surface area contributed by atoms with Crippen molar-refractivity contribution in [3.05, 3.63) is 34.9 Å². The number of amides is 1. The molecular weight excluding hydrogens is 466 g/mol. The van der Waals surface area contributed by atoms with Gasteiger partial charge < -0.3 is 0 Å². The van der Waals surface area contributed by atoms with Crippen molar-refractivity contribution in [3.63, 3.8) is 0 Å². The average molecular weight is 518 g/mol. The molecule has 0 radical (unpaired) electrons. The first-order valence-electron chi connectivity index (χ1n) is 15.8. The van der Waals surface area contributed by atoms with Gasteiger partial charge in [-0.1, -0.05) is 72.1 Å². The molecule has 4 nitrogen and oxygen atoms in total. The second-order valence-corrected chi connectivity index (χ2v) is 15.0. The van der Waals surface area contributed by atoms with E-state index in [1.807, 2.05) is 0 Å². The van der Waals surface area contributed by atoms with Gasteiger partial charge in [0.1, 0.15) is 11.3 Å². The fourth-order valence-corrected chi connectivity index (χ4v) is 10.2. The maximum absolute atomic E-state index is 12.1. The van der Waals surface area contributed by atoms with E-state index < -0.39 is 5.54 Å². The summed E-state index contributed by atoms with van der Waals surface area (Å²) in [6.07, 6.45) is 21.2. The number of carbonyl (C=O) groups excluding carboxylic acids is 1. The van der Waals surface area contributed by atoms with Gasteiger partial charge in [-0.15, -0.1) is 0 Å². The molecule has 38 heavy (non-hydrogen) atoms. The Bertz CT molecular complexity index is 1110. The van der Waals surface area contributed by atoms with Gasteiger partial charge in [-0.3, -0.25) is 15.2 Å². The zero-order chi connectivity index (χ0) is 26.9. The van der Waals surface area contributed by atoms with Crippen LogP contribution in [0.4, 0.5) is 0 Å². The summed E-state index contributed by atoms with van der Waals surface area (Å²) < 4.78 is 0. The molecule has 4 heteroatoms. The summed E-state index contributed by atoms with van der Waals surface area (Å²) in [6.45, 7) is 15.3. The van der Waals surface area contributed by atoms with E-state index in [1.54, 1.807) is 5.57 Å². The number of allylic oxidation sites excluding steroid dienone is 5. The standard InChI is InChI=1S/C34H51N3O/c1-21(2)8-7-9-22(3)27-12-13-28-26-11-10-24-18-23(14-16-32(24,4)29(26)15-17-33(27,28)5)19-25-20-35-30-31(38)36-37-34(25,30)6/h10,18-19,21-22,26-29,37H,7-9,11-17,20H2,1-6H3,(H,36,38)/b25-19-/t22-,26+,27-,28+,29+,32+,33-,34?/m1/s1. The van der Waals surface area contributed by atoms with Gasteiger partial charge in [0.15, 0.2) is 0 Å². The third-order valence-electron chi connectivity index (χ3n) is 12.5. The zero-order valence-corrected chi connectivity index (χ0v) is 24.8. The highest BCUT2D eigenvalue weighted by Crippen LogP contribution is 2.67. The molecule has 2 aliphatic heterocycles. The van der Waals surface area contributed by atoms with Crippen molar-refractivity contribution in [2.75, 3.05) is 6.54 Å². The first kappa shape index (κ1) is 26.5. The molecular formula is C34H51N3O. The minimum absolute atomic E-state index is 0.0782. The highest BCUT2D eigenvalue weighted by Gasteiger charge is 2.58. The summed E-state index contributed by atoms with van der Waals surface area (Å²) in [5, 5.41) is 0. The van der Waals surface area contributed by atoms with Gasteiger partial charge in [-0.05, 0) is 115 Å². The van der Waals surface area contributed by atoms with E-state index in [4.69, 9.17) is 0 Å². The van der Waals surface area contributed by atoms with Gasteiger partial charge in [-0.25, -0.2) is 5.43 Å². The van der Waals surface area contributed by atoms with Crippen molar-refractivity contribution in [1.29, 1.82) is 0 Å². The minimum atomic E-state index is -0.455. The maximum atomic E-state index is 12.1. The van der Waals surface area contributed by atoms with Crippen LogP contribution in [0, 0.1) is 46.3 Å². The van der Waals surface area contributed by atoms with E-state index in [-0.39, 0.29) is 5.91 Å². The third kappa shape index (κ3) is 4.02. The zero-order valence-electron chi connectivity index (χ0n) is 24.8. The molecule has 0 aromatic rings. The van der Waals surface area contributed by atoms with E-state index in [9.17, 15) is 4.79 Å². The molecule has 2 N–H and O–H groups in total. The minimum Gasteiger partial charge on any atom is -0.285 e. The van der Waals surface area contributed by atoms with Crippen molar-refractivity contribution < 1.29 is 4.79 Å². The summed E-state index contributed by atoms with van der Waals surface area (Å²) in [4.78, 5) is 16.7. The topological polar surface area (TPSA) is 53.5 Å². The van der Waals surface area contributed by atoms with Crippen molar-refractivity contribution in [2.45, 2.75) is 111 Å². The Balaban J connectivity index is 1.19. The lowest BCUT2D eigenvalue weighted by molar-refractivity contribution is -0.114. The quantitative estimate of drug-likeness (QED) is 0.387. The number of fused-ring (bicyclic) bond motifs is 6. The van der Waals surface area contributed by atoms with Crippen molar-refractivity contribution in [3.8, 4) is 0 Å². The first-order valence-corrected chi connectivity index (χ1v) is 15.8. The fraction of sp³-hybridized carbons (Fsp3) is 0.765. The molecule has 208 valence electrons. The van der Waals surface area contributed by atoms with Gasteiger partial charge in [0, 0.05) is 0 Å². The predicted octanol–water partition coefficient (Wildman–Crippen LogP) is 7.34. The molecule has 3 fully saturated rings. The maximum Gasteiger partial charge on any atom is 0.281 e. The van der Waals surface area contributed by atoms with Gasteiger partial charge in [-0.2, -0.15) is 0 Å². The molecule has 6 aliphatic rings. The monoisotopic (exact) mass is 517 g/mol. The number of nitrogens with one attached hydrogen (secondary N) is 2. The van der Waals surface area contributed by atoms with E-state index in [2.05, 4.69) is 75.6 Å². The second-order valence-electron chi connectivity index (χ2n) is 15.0. The first-order chi connectivity index (χ1) is 18.1. The van der Waals surface area contributed by atoms with Gasteiger partial charge >= 0.3 is 0 Å². The van der Waals surface area contributed by atoms with Crippen molar-refractivity contribution in [1.82, 2.24) is 10.9 Å². The Morgan fingerprint density at radius 2 is 1.89 bits per heavy atom. The largest absolute Gasteiger partial charge is 0.285 e. The summed E-state index contributed by atoms with van der Waals surface area (Å²) in [6, 6.07) is 0. The number of aliphatic imine (C=N–C) groups is 1. The summed E-state index contributed by atoms with van der Waals surface area (Å²) in [5.74, 6) is 5.17.